The van der Waals surface area contributed by atoms with Crippen LogP contribution in [0.4, 0.5) is 4.79 Å². The van der Waals surface area contributed by atoms with Gasteiger partial charge in [-0.2, -0.15) is 0 Å². The molecular weight excluding hydrogens is 766 g/mol. The average Bonchev–Trinajstić information content (AvgIpc) is 3.89. The zero-order valence-corrected chi connectivity index (χ0v) is 33.4. The Kier molecular flexibility index (Phi) is 10.5. The summed E-state index contributed by atoms with van der Waals surface area (Å²) in [5, 5.41) is 19.7. The number of piperidine rings is 1. The Bertz CT molecular complexity index is 2480. The molecule has 16 heteroatoms. The normalized spacial score (nSPS) is 17.5. The number of nitrogens with one attached hydrogen (secondary N) is 3. The molecule has 6 heterocycles. The van der Waals surface area contributed by atoms with Crippen LogP contribution in [0.1, 0.15) is 95.5 Å². The SMILES string of the molecule is Cc1sc2c(c1C)C(c1ccc(Cl)cc1)=N[C@@H](CC(=O)NCCCCCC(=O)NCc1ccc3cc4n(c3c1)C(=O)N(C1CCC(=O)NC1=O)C4)c1nnc(C)n1-2. The lowest BCUT2D eigenvalue weighted by atomic mass is 9.99. The van der Waals surface area contributed by atoms with E-state index in [2.05, 4.69) is 40.0 Å². The van der Waals surface area contributed by atoms with Crippen LogP contribution in [0.15, 0.2) is 53.5 Å². The lowest BCUT2D eigenvalue weighted by Gasteiger charge is -2.28. The smallest absolute Gasteiger partial charge is 0.329 e. The van der Waals surface area contributed by atoms with Crippen molar-refractivity contribution in [2.24, 2.45) is 4.99 Å². The van der Waals surface area contributed by atoms with Crippen molar-refractivity contribution >= 4 is 69.2 Å². The van der Waals surface area contributed by atoms with Crippen molar-refractivity contribution in [1.29, 1.82) is 0 Å². The summed E-state index contributed by atoms with van der Waals surface area (Å²) in [6.45, 7) is 7.16. The molecule has 8 rings (SSSR count). The fraction of sp³-hybridized carbons (Fsp3) is 0.366. The van der Waals surface area contributed by atoms with E-state index in [1.54, 1.807) is 15.9 Å². The van der Waals surface area contributed by atoms with Crippen molar-refractivity contribution in [1.82, 2.24) is 40.2 Å². The molecule has 0 aliphatic carbocycles. The average molecular weight is 808 g/mol. The number of unbranched alkanes of at least 4 members (excludes halogenated alkanes) is 2. The minimum atomic E-state index is -0.683. The van der Waals surface area contributed by atoms with Crippen LogP contribution >= 0.6 is 22.9 Å². The minimum Gasteiger partial charge on any atom is -0.356 e. The van der Waals surface area contributed by atoms with Crippen LogP contribution in [0.5, 0.6) is 0 Å². The topological polar surface area (TPSA) is 173 Å². The maximum absolute atomic E-state index is 13.4. The van der Waals surface area contributed by atoms with E-state index in [1.807, 2.05) is 60.0 Å². The van der Waals surface area contributed by atoms with Crippen LogP contribution in [-0.4, -0.2) is 72.2 Å². The summed E-state index contributed by atoms with van der Waals surface area (Å²) in [6.07, 6.45) is 3.09. The quantitative estimate of drug-likeness (QED) is 0.107. The van der Waals surface area contributed by atoms with Crippen molar-refractivity contribution in [2.45, 2.75) is 90.9 Å². The predicted octanol–water partition coefficient (Wildman–Crippen LogP) is 5.73. The van der Waals surface area contributed by atoms with Gasteiger partial charge in [-0.1, -0.05) is 42.3 Å². The third-order valence-corrected chi connectivity index (χ3v) is 12.4. The standard InChI is InChI=1S/C41H42ClN9O5S/c1-22-23(2)57-40-36(22)37(26-10-12-28(42)13-11-26)45-30(38-48-47-24(3)50(38)40)19-35(54)43-16-6-4-5-7-33(52)44-20-25-8-9-27-18-29-21-49(41(56)51(29)32(27)17-25)31-14-15-34(53)46-39(31)55/h8-13,17-18,30-31H,4-7,14-16,19-21H2,1-3H3,(H,43,54)(H,44,52)(H,46,53,55)/t30-,31?/m0/s1. The van der Waals surface area contributed by atoms with Gasteiger partial charge in [0.05, 0.1) is 24.2 Å². The molecule has 2 atom stereocenters. The summed E-state index contributed by atoms with van der Waals surface area (Å²) < 4.78 is 3.64. The molecule has 3 aliphatic rings. The van der Waals surface area contributed by atoms with Crippen molar-refractivity contribution in [2.75, 3.05) is 6.54 Å². The molecule has 2 aromatic carbocycles. The highest BCUT2D eigenvalue weighted by Crippen LogP contribution is 2.39. The summed E-state index contributed by atoms with van der Waals surface area (Å²) in [5.41, 5.74) is 6.19. The van der Waals surface area contributed by atoms with Crippen LogP contribution in [0.2, 0.25) is 5.02 Å². The summed E-state index contributed by atoms with van der Waals surface area (Å²) in [6, 6.07) is 13.7. The number of carbonyl (C=O) groups is 5. The van der Waals surface area contributed by atoms with E-state index in [9.17, 15) is 24.0 Å². The van der Waals surface area contributed by atoms with E-state index < -0.39 is 18.0 Å². The maximum atomic E-state index is 13.4. The number of rotatable bonds is 12. The van der Waals surface area contributed by atoms with Gasteiger partial charge >= 0.3 is 6.03 Å². The zero-order valence-electron chi connectivity index (χ0n) is 31.9. The molecule has 3 aliphatic heterocycles. The molecule has 0 radical (unpaired) electrons. The lowest BCUT2D eigenvalue weighted by molar-refractivity contribution is -0.136. The molecule has 1 unspecified atom stereocenters. The van der Waals surface area contributed by atoms with Gasteiger partial charge < -0.3 is 15.5 Å². The zero-order chi connectivity index (χ0) is 40.0. The second-order valence-electron chi connectivity index (χ2n) is 14.8. The number of hydrogen-bond donors (Lipinski definition) is 3. The Balaban J connectivity index is 0.818. The van der Waals surface area contributed by atoms with Gasteiger partial charge in [0.1, 0.15) is 22.9 Å². The molecule has 1 fully saturated rings. The van der Waals surface area contributed by atoms with Crippen molar-refractivity contribution < 1.29 is 24.0 Å². The number of amides is 5. The number of thiophene rings is 1. The highest BCUT2D eigenvalue weighted by molar-refractivity contribution is 7.15. The van der Waals surface area contributed by atoms with Crippen LogP contribution in [0, 0.1) is 20.8 Å². The Morgan fingerprint density at radius 1 is 0.947 bits per heavy atom. The summed E-state index contributed by atoms with van der Waals surface area (Å²) in [4.78, 5) is 71.3. The van der Waals surface area contributed by atoms with Crippen LogP contribution in [0.25, 0.3) is 15.9 Å². The molecule has 14 nitrogen and oxygen atoms in total. The fourth-order valence-corrected chi connectivity index (χ4v) is 9.17. The van der Waals surface area contributed by atoms with Crippen molar-refractivity contribution in [3.05, 3.63) is 98.0 Å². The van der Waals surface area contributed by atoms with Gasteiger partial charge in [0.25, 0.3) is 0 Å². The molecule has 5 amide bonds. The van der Waals surface area contributed by atoms with E-state index in [4.69, 9.17) is 16.6 Å². The second-order valence-corrected chi connectivity index (χ2v) is 16.4. The molecule has 0 saturated carbocycles. The van der Waals surface area contributed by atoms with E-state index in [0.717, 1.165) is 56.3 Å². The number of aromatic nitrogens is 4. The molecule has 3 N–H and O–H groups in total. The fourth-order valence-electron chi connectivity index (χ4n) is 7.83. The first-order valence-electron chi connectivity index (χ1n) is 19.1. The third-order valence-electron chi connectivity index (χ3n) is 10.9. The number of aliphatic imine (C=N–C) groups is 1. The number of benzene rings is 2. The van der Waals surface area contributed by atoms with Gasteiger partial charge in [-0.25, -0.2) is 4.79 Å². The van der Waals surface area contributed by atoms with Crippen LogP contribution in [0.3, 0.4) is 0 Å². The first-order valence-corrected chi connectivity index (χ1v) is 20.3. The number of nitrogens with zero attached hydrogens (tertiary/aromatic N) is 6. The molecule has 3 aromatic heterocycles. The first kappa shape index (κ1) is 38.2. The molecule has 1 saturated heterocycles. The van der Waals surface area contributed by atoms with Gasteiger partial charge in [-0.15, -0.1) is 21.5 Å². The number of imide groups is 1. The number of aryl methyl sites for hydroxylation is 2. The second kappa shape index (κ2) is 15.7. The Labute approximate surface area is 337 Å². The number of halogens is 1. The first-order chi connectivity index (χ1) is 27.5. The Morgan fingerprint density at radius 3 is 2.54 bits per heavy atom. The monoisotopic (exact) mass is 807 g/mol. The lowest BCUT2D eigenvalue weighted by Crippen LogP contribution is -2.52. The maximum Gasteiger partial charge on any atom is 0.329 e. The Hall–Kier alpha value is -5.67. The van der Waals surface area contributed by atoms with E-state index in [0.29, 0.717) is 55.1 Å². The largest absolute Gasteiger partial charge is 0.356 e. The molecule has 0 bridgehead atoms. The summed E-state index contributed by atoms with van der Waals surface area (Å²) >= 11 is 7.89. The van der Waals surface area contributed by atoms with E-state index in [-0.39, 0.29) is 43.1 Å². The van der Waals surface area contributed by atoms with Gasteiger partial charge in [-0.3, -0.25) is 38.6 Å². The van der Waals surface area contributed by atoms with Gasteiger partial charge in [0.15, 0.2) is 5.82 Å². The summed E-state index contributed by atoms with van der Waals surface area (Å²) in [7, 11) is 0. The molecule has 5 aromatic rings. The summed E-state index contributed by atoms with van der Waals surface area (Å²) in [5.74, 6) is 0.368. The molecule has 0 spiro atoms. The van der Waals surface area contributed by atoms with Crippen molar-refractivity contribution in [3.8, 4) is 5.00 Å². The molecule has 294 valence electrons. The van der Waals surface area contributed by atoms with Gasteiger partial charge in [-0.05, 0) is 75.4 Å². The van der Waals surface area contributed by atoms with Gasteiger partial charge in [0.2, 0.25) is 23.6 Å². The minimum absolute atomic E-state index is 0.0827. The number of carbonyl (C=O) groups excluding carboxylic acids is 5. The van der Waals surface area contributed by atoms with Gasteiger partial charge in [0, 0.05) is 58.0 Å². The highest BCUT2D eigenvalue weighted by atomic mass is 35.5. The number of hydrogen-bond acceptors (Lipinski definition) is 9. The van der Waals surface area contributed by atoms with Crippen molar-refractivity contribution in [3.63, 3.8) is 0 Å². The van der Waals surface area contributed by atoms with E-state index >= 15 is 0 Å². The highest BCUT2D eigenvalue weighted by Gasteiger charge is 2.40. The van der Waals surface area contributed by atoms with Crippen LogP contribution in [-0.2, 0) is 32.3 Å². The Morgan fingerprint density at radius 2 is 1.75 bits per heavy atom. The van der Waals surface area contributed by atoms with Crippen LogP contribution < -0.4 is 16.0 Å². The predicted molar refractivity (Wildman–Crippen MR) is 216 cm³/mol. The number of fused-ring (bicyclic) bond motifs is 6. The van der Waals surface area contributed by atoms with E-state index in [1.165, 1.54) is 9.78 Å². The molecule has 57 heavy (non-hydrogen) atoms. The third kappa shape index (κ3) is 7.48. The molecular formula is C41H42ClN9O5S.